The molecule has 0 saturated carbocycles. The van der Waals surface area contributed by atoms with Gasteiger partial charge in [0.2, 0.25) is 0 Å². The highest BCUT2D eigenvalue weighted by atomic mass is 79.9. The van der Waals surface area contributed by atoms with Crippen LogP contribution in [0, 0.1) is 6.07 Å². The monoisotopic (exact) mass is 259 g/mol. The molecule has 2 aromatic rings. The van der Waals surface area contributed by atoms with Crippen molar-refractivity contribution in [1.82, 2.24) is 0 Å². The van der Waals surface area contributed by atoms with E-state index in [1.165, 1.54) is 16.7 Å². The summed E-state index contributed by atoms with van der Waals surface area (Å²) in [6, 6.07) is 17.9. The van der Waals surface area contributed by atoms with Gasteiger partial charge in [-0.3, -0.25) is 0 Å². The summed E-state index contributed by atoms with van der Waals surface area (Å²) in [5.74, 6) is 0. The van der Waals surface area contributed by atoms with E-state index in [4.69, 9.17) is 0 Å². The maximum Gasteiger partial charge on any atom is 0.0181 e. The molecule has 1 heteroatoms. The van der Waals surface area contributed by atoms with E-state index in [1.54, 1.807) is 0 Å². The van der Waals surface area contributed by atoms with Crippen molar-refractivity contribution in [3.05, 3.63) is 58.6 Å². The van der Waals surface area contributed by atoms with Crippen LogP contribution in [-0.4, -0.2) is 0 Å². The molecule has 0 aromatic heterocycles. The van der Waals surface area contributed by atoms with Crippen molar-refractivity contribution in [1.29, 1.82) is 0 Å². The zero-order chi connectivity index (χ0) is 10.7. The third-order valence-corrected chi connectivity index (χ3v) is 2.91. The van der Waals surface area contributed by atoms with Gasteiger partial charge in [-0.1, -0.05) is 47.1 Å². The molecule has 0 nitrogen and oxygen atoms in total. The zero-order valence-electron chi connectivity index (χ0n) is 8.63. The molecule has 0 aliphatic rings. The topological polar surface area (TPSA) is 0 Å². The Kier molecular flexibility index (Phi) is 3.22. The van der Waals surface area contributed by atoms with E-state index in [2.05, 4.69) is 59.3 Å². The fourth-order valence-corrected chi connectivity index (χ4v) is 1.92. The predicted molar refractivity (Wildman–Crippen MR) is 67.8 cm³/mol. The van der Waals surface area contributed by atoms with E-state index in [9.17, 15) is 0 Å². The van der Waals surface area contributed by atoms with E-state index in [1.807, 2.05) is 12.1 Å². The highest BCUT2D eigenvalue weighted by molar-refractivity contribution is 9.10. The van der Waals surface area contributed by atoms with Crippen LogP contribution in [-0.2, 0) is 6.42 Å². The van der Waals surface area contributed by atoms with E-state index >= 15 is 0 Å². The van der Waals surface area contributed by atoms with Crippen molar-refractivity contribution >= 4 is 15.9 Å². The Morgan fingerprint density at radius 2 is 2.00 bits per heavy atom. The molecule has 0 amide bonds. The second-order valence-electron chi connectivity index (χ2n) is 3.47. The number of hydrogen-bond acceptors (Lipinski definition) is 0. The Labute approximate surface area is 99.1 Å². The lowest BCUT2D eigenvalue weighted by atomic mass is 10.0. The van der Waals surface area contributed by atoms with E-state index < -0.39 is 0 Å². The van der Waals surface area contributed by atoms with Gasteiger partial charge in [0.25, 0.3) is 0 Å². The zero-order valence-corrected chi connectivity index (χ0v) is 10.2. The van der Waals surface area contributed by atoms with Crippen molar-refractivity contribution in [3.63, 3.8) is 0 Å². The van der Waals surface area contributed by atoms with Gasteiger partial charge in [-0.2, -0.15) is 0 Å². The van der Waals surface area contributed by atoms with Crippen LogP contribution in [0.15, 0.2) is 46.9 Å². The van der Waals surface area contributed by atoms with Crippen LogP contribution < -0.4 is 0 Å². The normalized spacial score (nSPS) is 10.3. The van der Waals surface area contributed by atoms with Gasteiger partial charge in [-0.25, -0.2) is 0 Å². The summed E-state index contributed by atoms with van der Waals surface area (Å²) in [6.07, 6.45) is 1.04. The molecule has 0 aliphatic heterocycles. The van der Waals surface area contributed by atoms with Crippen molar-refractivity contribution in [3.8, 4) is 11.1 Å². The van der Waals surface area contributed by atoms with Gasteiger partial charge in [-0.05, 0) is 47.4 Å². The van der Waals surface area contributed by atoms with Gasteiger partial charge >= 0.3 is 0 Å². The number of hydrogen-bond donors (Lipinski definition) is 0. The van der Waals surface area contributed by atoms with Crippen LogP contribution in [0.1, 0.15) is 12.5 Å². The van der Waals surface area contributed by atoms with Crippen molar-refractivity contribution in [2.75, 3.05) is 0 Å². The Hall–Kier alpha value is -1.08. The van der Waals surface area contributed by atoms with Crippen LogP contribution in [0.3, 0.4) is 0 Å². The van der Waals surface area contributed by atoms with Crippen LogP contribution >= 0.6 is 15.9 Å². The standard InChI is InChI=1S/C14H12Br/c1-2-11-6-8-12(9-7-11)13-4-3-5-14(15)10-13/h3-6,8-10H,2H2,1H3. The second kappa shape index (κ2) is 4.63. The third-order valence-electron chi connectivity index (χ3n) is 2.42. The molecule has 2 rings (SSSR count). The predicted octanol–water partition coefficient (Wildman–Crippen LogP) is 4.48. The molecule has 0 saturated heterocycles. The lowest BCUT2D eigenvalue weighted by molar-refractivity contribution is 1.14. The molecule has 0 atom stereocenters. The first-order chi connectivity index (χ1) is 7.29. The number of rotatable bonds is 2. The van der Waals surface area contributed by atoms with Gasteiger partial charge in [0.1, 0.15) is 0 Å². The minimum absolute atomic E-state index is 1.04. The molecule has 0 aliphatic carbocycles. The Bertz CT molecular complexity index is 443. The maximum atomic E-state index is 3.48. The van der Waals surface area contributed by atoms with Gasteiger partial charge in [0.05, 0.1) is 0 Å². The smallest absolute Gasteiger partial charge is 0.0181 e. The number of halogens is 1. The van der Waals surface area contributed by atoms with Crippen molar-refractivity contribution < 1.29 is 0 Å². The van der Waals surface area contributed by atoms with Gasteiger partial charge in [0.15, 0.2) is 0 Å². The number of benzene rings is 2. The fourth-order valence-electron chi connectivity index (χ4n) is 1.52. The molecule has 15 heavy (non-hydrogen) atoms. The molecule has 0 bridgehead atoms. The maximum absolute atomic E-state index is 3.48. The first kappa shape index (κ1) is 10.4. The summed E-state index contributed by atoms with van der Waals surface area (Å²) in [5, 5.41) is 0. The number of aryl methyl sites for hydroxylation is 1. The van der Waals surface area contributed by atoms with Crippen molar-refractivity contribution in [2.45, 2.75) is 13.3 Å². The van der Waals surface area contributed by atoms with Crippen LogP contribution in [0.25, 0.3) is 11.1 Å². The summed E-state index contributed by atoms with van der Waals surface area (Å²) in [7, 11) is 0. The second-order valence-corrected chi connectivity index (χ2v) is 4.38. The average molecular weight is 260 g/mol. The first-order valence-electron chi connectivity index (χ1n) is 5.06. The van der Waals surface area contributed by atoms with Gasteiger partial charge in [-0.15, -0.1) is 0 Å². The summed E-state index contributed by atoms with van der Waals surface area (Å²) >= 11 is 3.48. The molecule has 0 N–H and O–H groups in total. The average Bonchev–Trinajstić information content (AvgIpc) is 2.29. The Morgan fingerprint density at radius 3 is 2.60 bits per heavy atom. The summed E-state index contributed by atoms with van der Waals surface area (Å²) in [4.78, 5) is 0. The van der Waals surface area contributed by atoms with Crippen LogP contribution in [0.4, 0.5) is 0 Å². The highest BCUT2D eigenvalue weighted by Crippen LogP contribution is 2.22. The molecule has 0 unspecified atom stereocenters. The lowest BCUT2D eigenvalue weighted by Gasteiger charge is -2.03. The Balaban J connectivity index is 2.37. The molecule has 2 aromatic carbocycles. The first-order valence-corrected chi connectivity index (χ1v) is 5.85. The Morgan fingerprint density at radius 1 is 1.13 bits per heavy atom. The largest absolute Gasteiger partial charge is 0.0613 e. The van der Waals surface area contributed by atoms with E-state index in [0.717, 1.165) is 10.9 Å². The van der Waals surface area contributed by atoms with Gasteiger partial charge in [0, 0.05) is 4.47 Å². The quantitative estimate of drug-likeness (QED) is 0.746. The molecule has 0 spiro atoms. The van der Waals surface area contributed by atoms with Crippen LogP contribution in [0.2, 0.25) is 0 Å². The van der Waals surface area contributed by atoms with E-state index in [0.29, 0.717) is 0 Å². The highest BCUT2D eigenvalue weighted by Gasteiger charge is 1.98. The van der Waals surface area contributed by atoms with Crippen LogP contribution in [0.5, 0.6) is 0 Å². The molecular weight excluding hydrogens is 248 g/mol. The molecular formula is C14H12Br. The summed E-state index contributed by atoms with van der Waals surface area (Å²) in [5.41, 5.74) is 3.70. The fraction of sp³-hybridized carbons (Fsp3) is 0.143. The summed E-state index contributed by atoms with van der Waals surface area (Å²) < 4.78 is 1.11. The molecule has 75 valence electrons. The lowest BCUT2D eigenvalue weighted by Crippen LogP contribution is -1.81. The minimum atomic E-state index is 1.04. The third kappa shape index (κ3) is 2.48. The molecule has 0 heterocycles. The molecule has 0 fully saturated rings. The van der Waals surface area contributed by atoms with Gasteiger partial charge < -0.3 is 0 Å². The summed E-state index contributed by atoms with van der Waals surface area (Å²) in [6.45, 7) is 2.14. The SMILES string of the molecule is CCc1[c]cc(-c2cccc(Br)c2)cc1. The molecule has 1 radical (unpaired) electrons. The minimum Gasteiger partial charge on any atom is -0.0613 e. The van der Waals surface area contributed by atoms with Crippen molar-refractivity contribution in [2.24, 2.45) is 0 Å². The van der Waals surface area contributed by atoms with E-state index in [-0.39, 0.29) is 0 Å².